The zero-order valence-corrected chi connectivity index (χ0v) is 13.3. The number of amides is 1. The predicted molar refractivity (Wildman–Crippen MR) is 88.5 cm³/mol. The highest BCUT2D eigenvalue weighted by Gasteiger charge is 2.17. The van der Waals surface area contributed by atoms with E-state index in [1.807, 2.05) is 31.2 Å². The lowest BCUT2D eigenvalue weighted by Gasteiger charge is -2.05. The minimum atomic E-state index is -0.211. The molecule has 120 valence electrons. The van der Waals surface area contributed by atoms with Gasteiger partial charge in [0, 0.05) is 5.69 Å². The third-order valence-electron chi connectivity index (χ3n) is 3.84. The van der Waals surface area contributed by atoms with E-state index in [0.29, 0.717) is 40.4 Å². The third-order valence-corrected chi connectivity index (χ3v) is 3.84. The standard InChI is InChI=1S/C17H15N5O2/c1-9-7-11(15-10(2)22-24-17(15)19-9)16(23)18-8-14-20-12-5-3-4-6-13(12)21-14/h3-7H,8H2,1-2H3,(H,18,23)(H,20,21). The molecular weight excluding hydrogens is 306 g/mol. The number of nitrogens with one attached hydrogen (secondary N) is 2. The molecule has 0 unspecified atom stereocenters. The van der Waals surface area contributed by atoms with Gasteiger partial charge >= 0.3 is 0 Å². The first kappa shape index (κ1) is 14.4. The number of pyridine rings is 1. The van der Waals surface area contributed by atoms with Crippen molar-refractivity contribution in [3.63, 3.8) is 0 Å². The first-order valence-electron chi connectivity index (χ1n) is 7.57. The molecule has 0 fully saturated rings. The molecular formula is C17H15N5O2. The molecule has 0 spiro atoms. The quantitative estimate of drug-likeness (QED) is 0.604. The van der Waals surface area contributed by atoms with Gasteiger partial charge in [-0.05, 0) is 32.0 Å². The Morgan fingerprint density at radius 3 is 2.92 bits per heavy atom. The lowest BCUT2D eigenvalue weighted by Crippen LogP contribution is -2.24. The highest BCUT2D eigenvalue weighted by molar-refractivity contribution is 6.06. The van der Waals surface area contributed by atoms with Gasteiger partial charge in [0.15, 0.2) is 0 Å². The lowest BCUT2D eigenvalue weighted by molar-refractivity contribution is 0.0951. The number of nitrogens with zero attached hydrogens (tertiary/aromatic N) is 3. The average molecular weight is 321 g/mol. The van der Waals surface area contributed by atoms with E-state index in [0.717, 1.165) is 11.0 Å². The summed E-state index contributed by atoms with van der Waals surface area (Å²) in [6.07, 6.45) is 0. The summed E-state index contributed by atoms with van der Waals surface area (Å²) in [7, 11) is 0. The number of carbonyl (C=O) groups excluding carboxylic acids is 1. The number of hydrogen-bond acceptors (Lipinski definition) is 5. The van der Waals surface area contributed by atoms with Crippen molar-refractivity contribution in [3.8, 4) is 0 Å². The normalized spacial score (nSPS) is 11.2. The van der Waals surface area contributed by atoms with Crippen molar-refractivity contribution in [3.05, 3.63) is 53.1 Å². The molecule has 1 amide bonds. The summed E-state index contributed by atoms with van der Waals surface area (Å²) in [5.41, 5.74) is 4.05. The van der Waals surface area contributed by atoms with Crippen molar-refractivity contribution in [2.45, 2.75) is 20.4 Å². The molecule has 3 aromatic heterocycles. The molecule has 2 N–H and O–H groups in total. The molecule has 0 aliphatic rings. The molecule has 0 aliphatic heterocycles. The van der Waals surface area contributed by atoms with Crippen LogP contribution >= 0.6 is 0 Å². The number of aryl methyl sites for hydroxylation is 2. The van der Waals surface area contributed by atoms with Crippen LogP contribution in [0.2, 0.25) is 0 Å². The van der Waals surface area contributed by atoms with E-state index in [9.17, 15) is 4.79 Å². The molecule has 1 aromatic carbocycles. The summed E-state index contributed by atoms with van der Waals surface area (Å²) in [6.45, 7) is 3.91. The molecule has 3 heterocycles. The predicted octanol–water partition coefficient (Wildman–Crippen LogP) is 2.65. The van der Waals surface area contributed by atoms with Gasteiger partial charge in [-0.25, -0.2) is 9.97 Å². The summed E-state index contributed by atoms with van der Waals surface area (Å²) >= 11 is 0. The second-order valence-electron chi connectivity index (χ2n) is 5.64. The Hall–Kier alpha value is -3.22. The number of fused-ring (bicyclic) bond motifs is 2. The molecule has 4 rings (SSSR count). The van der Waals surface area contributed by atoms with Crippen LogP contribution in [0.1, 0.15) is 27.6 Å². The van der Waals surface area contributed by atoms with E-state index in [4.69, 9.17) is 4.52 Å². The maximum atomic E-state index is 12.6. The smallest absolute Gasteiger partial charge is 0.258 e. The lowest BCUT2D eigenvalue weighted by atomic mass is 10.1. The van der Waals surface area contributed by atoms with Crippen molar-refractivity contribution in [1.82, 2.24) is 25.4 Å². The molecule has 0 atom stereocenters. The Morgan fingerprint density at radius 1 is 1.25 bits per heavy atom. The number of para-hydroxylation sites is 2. The van der Waals surface area contributed by atoms with Crippen molar-refractivity contribution < 1.29 is 9.32 Å². The average Bonchev–Trinajstić information content (AvgIpc) is 3.15. The van der Waals surface area contributed by atoms with Crippen LogP contribution in [0.4, 0.5) is 0 Å². The molecule has 0 radical (unpaired) electrons. The first-order valence-corrected chi connectivity index (χ1v) is 7.57. The Bertz CT molecular complexity index is 1030. The SMILES string of the molecule is Cc1cc(C(=O)NCc2nc3ccccc3[nH]2)c2c(C)noc2n1. The van der Waals surface area contributed by atoms with Crippen molar-refractivity contribution >= 4 is 28.0 Å². The van der Waals surface area contributed by atoms with Crippen molar-refractivity contribution in [1.29, 1.82) is 0 Å². The summed E-state index contributed by atoms with van der Waals surface area (Å²) in [6, 6.07) is 9.47. The molecule has 24 heavy (non-hydrogen) atoms. The van der Waals surface area contributed by atoms with Gasteiger partial charge in [-0.15, -0.1) is 0 Å². The third kappa shape index (κ3) is 2.40. The zero-order valence-electron chi connectivity index (χ0n) is 13.3. The Labute approximate surface area is 137 Å². The van der Waals surface area contributed by atoms with Gasteiger partial charge in [0.05, 0.1) is 34.2 Å². The number of imidazole rings is 1. The number of aromatic nitrogens is 4. The fraction of sp³-hybridized carbons (Fsp3) is 0.176. The van der Waals surface area contributed by atoms with Crippen LogP contribution in [-0.4, -0.2) is 26.0 Å². The minimum absolute atomic E-state index is 0.211. The van der Waals surface area contributed by atoms with E-state index >= 15 is 0 Å². The fourth-order valence-corrected chi connectivity index (χ4v) is 2.75. The van der Waals surface area contributed by atoms with Gasteiger partial charge in [-0.1, -0.05) is 17.3 Å². The number of aromatic amines is 1. The first-order chi connectivity index (χ1) is 11.6. The van der Waals surface area contributed by atoms with Crippen molar-refractivity contribution in [2.24, 2.45) is 0 Å². The van der Waals surface area contributed by atoms with Crippen molar-refractivity contribution in [2.75, 3.05) is 0 Å². The van der Waals surface area contributed by atoms with Crippen LogP contribution < -0.4 is 5.32 Å². The van der Waals surface area contributed by atoms with Gasteiger partial charge in [0.2, 0.25) is 0 Å². The zero-order chi connectivity index (χ0) is 16.7. The van der Waals surface area contributed by atoms with E-state index in [1.165, 1.54) is 0 Å². The van der Waals surface area contributed by atoms with Gasteiger partial charge in [0.25, 0.3) is 11.6 Å². The van der Waals surface area contributed by atoms with E-state index in [2.05, 4.69) is 25.4 Å². The number of hydrogen-bond donors (Lipinski definition) is 2. The van der Waals surface area contributed by atoms with E-state index in [-0.39, 0.29) is 5.91 Å². The number of rotatable bonds is 3. The van der Waals surface area contributed by atoms with Gasteiger partial charge < -0.3 is 14.8 Å². The maximum absolute atomic E-state index is 12.6. The number of H-pyrrole nitrogens is 1. The number of carbonyl (C=O) groups is 1. The Morgan fingerprint density at radius 2 is 2.08 bits per heavy atom. The largest absolute Gasteiger partial charge is 0.345 e. The van der Waals surface area contributed by atoms with Crippen LogP contribution in [-0.2, 0) is 6.54 Å². The molecule has 4 aromatic rings. The monoisotopic (exact) mass is 321 g/mol. The van der Waals surface area contributed by atoms with Crippen LogP contribution in [0, 0.1) is 13.8 Å². The second-order valence-corrected chi connectivity index (χ2v) is 5.64. The van der Waals surface area contributed by atoms with Gasteiger partial charge in [-0.3, -0.25) is 4.79 Å². The molecule has 7 heteroatoms. The molecule has 7 nitrogen and oxygen atoms in total. The summed E-state index contributed by atoms with van der Waals surface area (Å²) in [4.78, 5) is 24.5. The second kappa shape index (κ2) is 5.45. The number of benzene rings is 1. The summed E-state index contributed by atoms with van der Waals surface area (Å²) in [5, 5.41) is 7.42. The Balaban J connectivity index is 1.61. The van der Waals surface area contributed by atoms with E-state index in [1.54, 1.807) is 13.0 Å². The molecule has 0 aliphatic carbocycles. The topological polar surface area (TPSA) is 96.7 Å². The van der Waals surface area contributed by atoms with Gasteiger partial charge in [-0.2, -0.15) is 0 Å². The molecule has 0 saturated carbocycles. The van der Waals surface area contributed by atoms with Gasteiger partial charge in [0.1, 0.15) is 5.82 Å². The van der Waals surface area contributed by atoms with E-state index < -0.39 is 0 Å². The highest BCUT2D eigenvalue weighted by Crippen LogP contribution is 2.21. The minimum Gasteiger partial charge on any atom is -0.345 e. The summed E-state index contributed by atoms with van der Waals surface area (Å²) < 4.78 is 5.16. The van der Waals surface area contributed by atoms with Crippen LogP contribution in [0.5, 0.6) is 0 Å². The fourth-order valence-electron chi connectivity index (χ4n) is 2.75. The van der Waals surface area contributed by atoms with Crippen LogP contribution in [0.25, 0.3) is 22.1 Å². The van der Waals surface area contributed by atoms with Crippen LogP contribution in [0.3, 0.4) is 0 Å². The molecule has 0 bridgehead atoms. The summed E-state index contributed by atoms with van der Waals surface area (Å²) in [5.74, 6) is 0.492. The maximum Gasteiger partial charge on any atom is 0.258 e. The molecule has 0 saturated heterocycles. The van der Waals surface area contributed by atoms with Crippen LogP contribution in [0.15, 0.2) is 34.9 Å². The highest BCUT2D eigenvalue weighted by atomic mass is 16.5. The Kier molecular flexibility index (Phi) is 3.26.